The van der Waals surface area contributed by atoms with E-state index in [1.165, 1.54) is 0 Å². The van der Waals surface area contributed by atoms with E-state index < -0.39 is 0 Å². The van der Waals surface area contributed by atoms with Crippen molar-refractivity contribution in [2.24, 2.45) is 5.92 Å². The summed E-state index contributed by atoms with van der Waals surface area (Å²) in [6, 6.07) is 7.84. The molecule has 132 valence electrons. The number of ether oxygens (including phenoxy) is 1. The van der Waals surface area contributed by atoms with Crippen LogP contribution in [0.5, 0.6) is 5.75 Å². The number of carbonyl (C=O) groups is 2. The molecule has 1 fully saturated rings. The number of aryl methyl sites for hydroxylation is 1. The molecule has 0 saturated carbocycles. The largest absolute Gasteiger partial charge is 0.492 e. The number of rotatable bonds is 7. The number of nitrogens with one attached hydrogen (secondary N) is 2. The van der Waals surface area contributed by atoms with E-state index in [-0.39, 0.29) is 17.7 Å². The van der Waals surface area contributed by atoms with Crippen molar-refractivity contribution in [3.05, 3.63) is 29.8 Å². The number of benzene rings is 1. The van der Waals surface area contributed by atoms with Crippen molar-refractivity contribution < 1.29 is 14.3 Å². The number of hydrogen-bond donors (Lipinski definition) is 2. The van der Waals surface area contributed by atoms with Gasteiger partial charge in [-0.25, -0.2) is 0 Å². The van der Waals surface area contributed by atoms with Crippen molar-refractivity contribution >= 4 is 11.8 Å². The number of carbonyl (C=O) groups excluding carboxylic acids is 2. The number of piperidine rings is 1. The Balaban J connectivity index is 1.59. The molecular formula is C18H27N3O3. The molecule has 2 N–H and O–H groups in total. The van der Waals surface area contributed by atoms with Gasteiger partial charge in [0.25, 0.3) is 0 Å². The third-order valence-electron chi connectivity index (χ3n) is 4.25. The van der Waals surface area contributed by atoms with Crippen LogP contribution in [0.4, 0.5) is 0 Å². The molecule has 0 unspecified atom stereocenters. The molecule has 0 aliphatic carbocycles. The summed E-state index contributed by atoms with van der Waals surface area (Å²) in [7, 11) is 1.67. The third-order valence-corrected chi connectivity index (χ3v) is 4.25. The van der Waals surface area contributed by atoms with Crippen LogP contribution in [-0.2, 0) is 9.59 Å². The van der Waals surface area contributed by atoms with Gasteiger partial charge in [0.1, 0.15) is 12.4 Å². The fourth-order valence-corrected chi connectivity index (χ4v) is 2.88. The highest BCUT2D eigenvalue weighted by Crippen LogP contribution is 2.16. The first-order chi connectivity index (χ1) is 11.6. The van der Waals surface area contributed by atoms with E-state index in [0.29, 0.717) is 19.7 Å². The maximum absolute atomic E-state index is 12.0. The Morgan fingerprint density at radius 3 is 2.71 bits per heavy atom. The zero-order chi connectivity index (χ0) is 17.4. The minimum Gasteiger partial charge on any atom is -0.492 e. The van der Waals surface area contributed by atoms with E-state index >= 15 is 0 Å². The van der Waals surface area contributed by atoms with Crippen LogP contribution < -0.4 is 15.4 Å². The van der Waals surface area contributed by atoms with E-state index in [9.17, 15) is 9.59 Å². The SMILES string of the molecule is CNC(=O)C1CCN(CC(=O)NCCOc2cccc(C)c2)CC1. The normalized spacial score (nSPS) is 15.8. The molecule has 2 amide bonds. The molecule has 1 heterocycles. The summed E-state index contributed by atoms with van der Waals surface area (Å²) in [6.07, 6.45) is 1.62. The van der Waals surface area contributed by atoms with E-state index in [1.807, 2.05) is 31.2 Å². The second-order valence-corrected chi connectivity index (χ2v) is 6.18. The number of likely N-dealkylation sites (tertiary alicyclic amines) is 1. The lowest BCUT2D eigenvalue weighted by atomic mass is 9.96. The van der Waals surface area contributed by atoms with E-state index in [2.05, 4.69) is 15.5 Å². The Kier molecular flexibility index (Phi) is 7.06. The summed E-state index contributed by atoms with van der Waals surface area (Å²) in [6.45, 7) is 4.90. The maximum Gasteiger partial charge on any atom is 0.234 e. The van der Waals surface area contributed by atoms with Crippen LogP contribution in [0.2, 0.25) is 0 Å². The zero-order valence-electron chi connectivity index (χ0n) is 14.5. The molecule has 0 spiro atoms. The summed E-state index contributed by atoms with van der Waals surface area (Å²) in [5.74, 6) is 1.01. The molecule has 0 aromatic heterocycles. The molecule has 0 atom stereocenters. The predicted octanol–water partition coefficient (Wildman–Crippen LogP) is 0.948. The summed E-state index contributed by atoms with van der Waals surface area (Å²) in [5.41, 5.74) is 1.15. The summed E-state index contributed by atoms with van der Waals surface area (Å²) >= 11 is 0. The average molecular weight is 333 g/mol. The van der Waals surface area contributed by atoms with Gasteiger partial charge >= 0.3 is 0 Å². The van der Waals surface area contributed by atoms with Crippen LogP contribution in [0.25, 0.3) is 0 Å². The van der Waals surface area contributed by atoms with Gasteiger partial charge in [0, 0.05) is 13.0 Å². The van der Waals surface area contributed by atoms with Gasteiger partial charge in [0.05, 0.1) is 13.1 Å². The summed E-state index contributed by atoms with van der Waals surface area (Å²) in [4.78, 5) is 25.6. The Hall–Kier alpha value is -2.08. The lowest BCUT2D eigenvalue weighted by Gasteiger charge is -2.30. The molecule has 2 rings (SSSR count). The highest BCUT2D eigenvalue weighted by Gasteiger charge is 2.24. The van der Waals surface area contributed by atoms with Gasteiger partial charge in [-0.15, -0.1) is 0 Å². The molecule has 1 aromatic carbocycles. The van der Waals surface area contributed by atoms with Crippen LogP contribution in [0.1, 0.15) is 18.4 Å². The van der Waals surface area contributed by atoms with Crippen LogP contribution in [-0.4, -0.2) is 56.5 Å². The molecule has 24 heavy (non-hydrogen) atoms. The molecule has 0 radical (unpaired) electrons. The predicted molar refractivity (Wildman–Crippen MR) is 92.9 cm³/mol. The first-order valence-electron chi connectivity index (χ1n) is 8.48. The van der Waals surface area contributed by atoms with Crippen molar-refractivity contribution in [3.63, 3.8) is 0 Å². The van der Waals surface area contributed by atoms with Gasteiger partial charge in [0.2, 0.25) is 11.8 Å². The molecular weight excluding hydrogens is 306 g/mol. The van der Waals surface area contributed by atoms with Gasteiger partial charge in [-0.2, -0.15) is 0 Å². The van der Waals surface area contributed by atoms with Gasteiger partial charge in [-0.1, -0.05) is 12.1 Å². The first-order valence-corrected chi connectivity index (χ1v) is 8.48. The number of nitrogens with zero attached hydrogens (tertiary/aromatic N) is 1. The fourth-order valence-electron chi connectivity index (χ4n) is 2.88. The average Bonchev–Trinajstić information content (AvgIpc) is 2.59. The quantitative estimate of drug-likeness (QED) is 0.729. The zero-order valence-corrected chi connectivity index (χ0v) is 14.5. The fraction of sp³-hybridized carbons (Fsp3) is 0.556. The molecule has 0 bridgehead atoms. The third kappa shape index (κ3) is 5.85. The number of amides is 2. The van der Waals surface area contributed by atoms with Crippen molar-refractivity contribution in [1.82, 2.24) is 15.5 Å². The van der Waals surface area contributed by atoms with Crippen molar-refractivity contribution in [3.8, 4) is 5.75 Å². The monoisotopic (exact) mass is 333 g/mol. The Bertz CT molecular complexity index is 554. The smallest absolute Gasteiger partial charge is 0.234 e. The second-order valence-electron chi connectivity index (χ2n) is 6.18. The number of hydrogen-bond acceptors (Lipinski definition) is 4. The molecule has 1 aliphatic heterocycles. The highest BCUT2D eigenvalue weighted by atomic mass is 16.5. The highest BCUT2D eigenvalue weighted by molar-refractivity contribution is 5.79. The topological polar surface area (TPSA) is 70.7 Å². The molecule has 6 nitrogen and oxygen atoms in total. The second kappa shape index (κ2) is 9.27. The minimum absolute atomic E-state index is 0.00114. The van der Waals surface area contributed by atoms with E-state index in [0.717, 1.165) is 37.2 Å². The van der Waals surface area contributed by atoms with Gasteiger partial charge in [-0.05, 0) is 50.6 Å². The maximum atomic E-state index is 12.0. The minimum atomic E-state index is 0.00114. The van der Waals surface area contributed by atoms with Crippen molar-refractivity contribution in [2.75, 3.05) is 39.8 Å². The van der Waals surface area contributed by atoms with Gasteiger partial charge in [0.15, 0.2) is 0 Å². The Labute approximate surface area is 143 Å². The molecule has 1 saturated heterocycles. The summed E-state index contributed by atoms with van der Waals surface area (Å²) in [5, 5.41) is 5.57. The van der Waals surface area contributed by atoms with Crippen LogP contribution >= 0.6 is 0 Å². The Morgan fingerprint density at radius 2 is 2.04 bits per heavy atom. The van der Waals surface area contributed by atoms with Crippen LogP contribution in [0, 0.1) is 12.8 Å². The van der Waals surface area contributed by atoms with E-state index in [1.54, 1.807) is 7.05 Å². The summed E-state index contributed by atoms with van der Waals surface area (Å²) < 4.78 is 5.61. The lowest BCUT2D eigenvalue weighted by molar-refractivity contribution is -0.126. The molecule has 1 aromatic rings. The van der Waals surface area contributed by atoms with Gasteiger partial charge in [-0.3, -0.25) is 14.5 Å². The lowest BCUT2D eigenvalue weighted by Crippen LogP contribution is -2.44. The van der Waals surface area contributed by atoms with Crippen LogP contribution in [0.15, 0.2) is 24.3 Å². The van der Waals surface area contributed by atoms with Crippen molar-refractivity contribution in [1.29, 1.82) is 0 Å². The van der Waals surface area contributed by atoms with Gasteiger partial charge < -0.3 is 15.4 Å². The Morgan fingerprint density at radius 1 is 1.29 bits per heavy atom. The van der Waals surface area contributed by atoms with Crippen LogP contribution in [0.3, 0.4) is 0 Å². The molecule has 6 heteroatoms. The standard InChI is InChI=1S/C18H27N3O3/c1-14-4-3-5-16(12-14)24-11-8-20-17(22)13-21-9-6-15(7-10-21)18(23)19-2/h3-5,12,15H,6-11,13H2,1-2H3,(H,19,23)(H,20,22). The van der Waals surface area contributed by atoms with Crippen molar-refractivity contribution in [2.45, 2.75) is 19.8 Å². The molecule has 1 aliphatic rings. The van der Waals surface area contributed by atoms with E-state index in [4.69, 9.17) is 4.74 Å². The first kappa shape index (κ1) is 18.3.